The van der Waals surface area contributed by atoms with Crippen molar-refractivity contribution in [2.24, 2.45) is 46.4 Å². The second-order valence-corrected chi connectivity index (χ2v) is 22.0. The predicted octanol–water partition coefficient (Wildman–Crippen LogP) is -5.44. The standard InChI is InChI=1S/C53H100N16O13/c1-9-30(6)12-10-11-13-41(72)60-33(14-20-54)48(77)69-43(32(8)71)53(82)65-36(17-23-57)45(74)64-38-19-25-59-52(81)42(31(7)70)68-49(78)37(18-24-58)62-44(73)34(15-21-55)63-50(79)39(26-28(2)3)67-51(80)40(27-29(4)5)66-46(75)35(16-22-56)61-47(38)76/h28-40,42-43,70-71H,9-27,54-58H2,1-8H3,(H,59,81)(H,60,72)(H,61,76)(H,62,73)(H,63,79)(H,64,74)(H,65,82)(H,66,75)(H,67,80)(H,68,78)(H,69,77)/t30?,31?,32-,33?,34?,35?,36?,37?,38?,39+,40-,42+,43+/m1/s1. The number of unbranched alkanes of at least 4 members (excludes halogenated alkanes) is 1. The van der Waals surface area contributed by atoms with Gasteiger partial charge in [-0.3, -0.25) is 52.7 Å². The first-order valence-corrected chi connectivity index (χ1v) is 28.8. The third kappa shape index (κ3) is 27.3. The molecule has 0 bridgehead atoms. The van der Waals surface area contributed by atoms with Crippen molar-refractivity contribution in [1.29, 1.82) is 0 Å². The Balaban J connectivity index is 3.81. The molecule has 0 aromatic rings. The number of nitrogens with one attached hydrogen (secondary N) is 11. The second kappa shape index (κ2) is 39.4. The SMILES string of the molecule is CCC(C)CCCCC(=O)NC(CCN)C(=O)N[C@H](C(=O)NC(CCN)C(=O)NC1CCNC(=O)[C@H](C(C)O)NC(=O)C(CCN)NC(=O)C(CCN)NC(=O)[C@H](CC(C)C)NC(=O)[C@@H](CC(C)C)NC(=O)C(CCN)NC1=O)[C@@H](C)O. The maximum absolute atomic E-state index is 14.4. The fourth-order valence-electron chi connectivity index (χ4n) is 8.76. The lowest BCUT2D eigenvalue weighted by Gasteiger charge is -2.29. The largest absolute Gasteiger partial charge is 0.391 e. The monoisotopic (exact) mass is 1170 g/mol. The van der Waals surface area contributed by atoms with Gasteiger partial charge in [-0.05, 0) is 122 Å². The molecule has 470 valence electrons. The number of carbonyl (C=O) groups excluding carboxylic acids is 11. The van der Waals surface area contributed by atoms with Gasteiger partial charge in [0.05, 0.1) is 12.2 Å². The molecule has 0 saturated carbocycles. The van der Waals surface area contributed by atoms with Crippen LogP contribution in [-0.2, 0) is 52.7 Å². The highest BCUT2D eigenvalue weighted by Crippen LogP contribution is 2.14. The van der Waals surface area contributed by atoms with Gasteiger partial charge in [0.15, 0.2) is 0 Å². The van der Waals surface area contributed by atoms with Crippen molar-refractivity contribution in [3.63, 3.8) is 0 Å². The van der Waals surface area contributed by atoms with Crippen molar-refractivity contribution < 1.29 is 63.0 Å². The Morgan fingerprint density at radius 3 is 1.39 bits per heavy atom. The summed E-state index contributed by atoms with van der Waals surface area (Å²) in [5.41, 5.74) is 29.2. The van der Waals surface area contributed by atoms with Gasteiger partial charge in [-0.25, -0.2) is 0 Å². The third-order valence-corrected chi connectivity index (χ3v) is 13.7. The van der Waals surface area contributed by atoms with Gasteiger partial charge in [0.1, 0.15) is 60.4 Å². The highest BCUT2D eigenvalue weighted by Gasteiger charge is 2.37. The normalized spacial score (nSPS) is 23.4. The average Bonchev–Trinajstić information content (AvgIpc) is 3.41. The highest BCUT2D eigenvalue weighted by atomic mass is 16.3. The van der Waals surface area contributed by atoms with Crippen molar-refractivity contribution in [3.8, 4) is 0 Å². The molecule has 1 aliphatic rings. The van der Waals surface area contributed by atoms with Crippen LogP contribution >= 0.6 is 0 Å². The minimum absolute atomic E-state index is 0.0131. The summed E-state index contributed by atoms with van der Waals surface area (Å²) in [6.45, 7) is 12.6. The quantitative estimate of drug-likeness (QED) is 0.0311. The first kappa shape index (κ1) is 73.9. The molecule has 8 unspecified atom stereocenters. The van der Waals surface area contributed by atoms with Gasteiger partial charge in [0.25, 0.3) is 0 Å². The number of hydrogen-bond acceptors (Lipinski definition) is 18. The number of amides is 11. The Bertz CT molecular complexity index is 2070. The number of nitrogens with two attached hydrogens (primary N) is 5. The van der Waals surface area contributed by atoms with E-state index in [1.165, 1.54) is 13.8 Å². The van der Waals surface area contributed by atoms with Crippen LogP contribution in [0.15, 0.2) is 0 Å². The van der Waals surface area contributed by atoms with E-state index >= 15 is 0 Å². The minimum atomic E-state index is -1.69. The number of aliphatic hydroxyl groups is 2. The van der Waals surface area contributed by atoms with E-state index in [1.807, 2.05) is 0 Å². The molecule has 0 radical (unpaired) electrons. The Morgan fingerprint density at radius 1 is 0.524 bits per heavy atom. The molecule has 82 heavy (non-hydrogen) atoms. The van der Waals surface area contributed by atoms with Crippen LogP contribution in [0.25, 0.3) is 0 Å². The molecule has 29 nitrogen and oxygen atoms in total. The highest BCUT2D eigenvalue weighted by molar-refractivity contribution is 5.99. The first-order chi connectivity index (χ1) is 38.7. The number of aliphatic hydroxyl groups excluding tert-OH is 2. The molecule has 1 saturated heterocycles. The van der Waals surface area contributed by atoms with Gasteiger partial charge in [-0.15, -0.1) is 0 Å². The van der Waals surface area contributed by atoms with Gasteiger partial charge in [-0.2, -0.15) is 0 Å². The number of hydrogen-bond donors (Lipinski definition) is 18. The van der Waals surface area contributed by atoms with E-state index in [4.69, 9.17) is 28.7 Å². The molecule has 0 spiro atoms. The van der Waals surface area contributed by atoms with Gasteiger partial charge in [0, 0.05) is 13.0 Å². The average molecular weight is 1170 g/mol. The Kier molecular flexibility index (Phi) is 35.5. The van der Waals surface area contributed by atoms with Crippen LogP contribution < -0.4 is 87.2 Å². The van der Waals surface area contributed by atoms with Crippen molar-refractivity contribution in [2.75, 3.05) is 39.3 Å². The minimum Gasteiger partial charge on any atom is -0.391 e. The molecular formula is C53H100N16O13. The van der Waals surface area contributed by atoms with E-state index in [0.29, 0.717) is 12.3 Å². The topological polar surface area (TPSA) is 491 Å². The third-order valence-electron chi connectivity index (χ3n) is 13.7. The van der Waals surface area contributed by atoms with Crippen molar-refractivity contribution >= 4 is 65.0 Å². The molecule has 1 rings (SSSR count). The summed E-state index contributed by atoms with van der Waals surface area (Å²) in [4.78, 5) is 153. The molecule has 0 aliphatic carbocycles. The predicted molar refractivity (Wildman–Crippen MR) is 305 cm³/mol. The van der Waals surface area contributed by atoms with Crippen LogP contribution in [-0.4, -0.2) is 187 Å². The van der Waals surface area contributed by atoms with Gasteiger partial charge in [-0.1, -0.05) is 60.8 Å². The first-order valence-electron chi connectivity index (χ1n) is 28.8. The molecule has 1 aliphatic heterocycles. The summed E-state index contributed by atoms with van der Waals surface area (Å²) in [7, 11) is 0. The molecular weight excluding hydrogens is 1070 g/mol. The van der Waals surface area contributed by atoms with E-state index < -0.39 is 151 Å². The Hall–Kier alpha value is -6.11. The molecule has 23 N–H and O–H groups in total. The van der Waals surface area contributed by atoms with Crippen LogP contribution in [0.1, 0.15) is 139 Å². The number of carbonyl (C=O) groups is 11. The van der Waals surface area contributed by atoms with Crippen LogP contribution in [0, 0.1) is 17.8 Å². The summed E-state index contributed by atoms with van der Waals surface area (Å²) >= 11 is 0. The van der Waals surface area contributed by atoms with Gasteiger partial charge >= 0.3 is 0 Å². The zero-order chi connectivity index (χ0) is 62.2. The van der Waals surface area contributed by atoms with Crippen LogP contribution in [0.2, 0.25) is 0 Å². The van der Waals surface area contributed by atoms with E-state index in [9.17, 15) is 63.0 Å². The van der Waals surface area contributed by atoms with Gasteiger partial charge < -0.3 is 97.4 Å². The molecule has 1 fully saturated rings. The van der Waals surface area contributed by atoms with Crippen LogP contribution in [0.3, 0.4) is 0 Å². The van der Waals surface area contributed by atoms with E-state index in [-0.39, 0.29) is 95.9 Å². The lowest BCUT2D eigenvalue weighted by molar-refractivity contribution is -0.137. The maximum Gasteiger partial charge on any atom is 0.245 e. The maximum atomic E-state index is 14.4. The van der Waals surface area contributed by atoms with E-state index in [0.717, 1.165) is 19.3 Å². The number of rotatable bonds is 29. The molecule has 0 aromatic heterocycles. The fraction of sp³-hybridized carbons (Fsp3) is 0.792. The Labute approximate surface area is 482 Å². The molecule has 13 atom stereocenters. The van der Waals surface area contributed by atoms with Gasteiger partial charge in [0.2, 0.25) is 65.0 Å². The fourth-order valence-corrected chi connectivity index (χ4v) is 8.76. The molecule has 0 aromatic carbocycles. The summed E-state index contributed by atoms with van der Waals surface area (Å²) in [6.07, 6.45) is -0.760. The zero-order valence-electron chi connectivity index (χ0n) is 49.4. The summed E-state index contributed by atoms with van der Waals surface area (Å²) in [5, 5.41) is 49.5. The lowest BCUT2D eigenvalue weighted by Crippen LogP contribution is -2.62. The van der Waals surface area contributed by atoms with Crippen molar-refractivity contribution in [3.05, 3.63) is 0 Å². The van der Waals surface area contributed by atoms with E-state index in [1.54, 1.807) is 27.7 Å². The summed E-state index contributed by atoms with van der Waals surface area (Å²) in [6, 6.07) is -14.5. The van der Waals surface area contributed by atoms with Crippen LogP contribution in [0.5, 0.6) is 0 Å². The molecule has 29 heteroatoms. The van der Waals surface area contributed by atoms with E-state index in [2.05, 4.69) is 72.3 Å². The molecule has 1 heterocycles. The lowest BCUT2D eigenvalue weighted by atomic mass is 9.99. The van der Waals surface area contributed by atoms with Crippen LogP contribution in [0.4, 0.5) is 0 Å². The summed E-state index contributed by atoms with van der Waals surface area (Å²) < 4.78 is 0. The van der Waals surface area contributed by atoms with Crippen molar-refractivity contribution in [1.82, 2.24) is 58.5 Å². The molecule has 11 amide bonds. The Morgan fingerprint density at radius 2 is 0.963 bits per heavy atom. The second-order valence-electron chi connectivity index (χ2n) is 22.0. The zero-order valence-corrected chi connectivity index (χ0v) is 49.4. The summed E-state index contributed by atoms with van der Waals surface area (Å²) in [5.74, 6) is -9.49. The smallest absolute Gasteiger partial charge is 0.245 e. The van der Waals surface area contributed by atoms with Crippen molar-refractivity contribution in [2.45, 2.75) is 211 Å².